The van der Waals surface area contributed by atoms with Crippen LogP contribution in [-0.4, -0.2) is 26.2 Å². The molecule has 1 amide bonds. The number of hydrogen-bond donors (Lipinski definition) is 1. The number of benzene rings is 4. The van der Waals surface area contributed by atoms with E-state index in [0.717, 1.165) is 61.7 Å². The molecule has 6 heteroatoms. The zero-order valence-electron chi connectivity index (χ0n) is 25.1. The van der Waals surface area contributed by atoms with Crippen molar-refractivity contribution < 1.29 is 4.79 Å². The molecule has 0 unspecified atom stereocenters. The summed E-state index contributed by atoms with van der Waals surface area (Å²) in [6, 6.07) is 44.9. The molecule has 0 bridgehead atoms. The molecule has 6 nitrogen and oxygen atoms in total. The van der Waals surface area contributed by atoms with Crippen molar-refractivity contribution in [3.05, 3.63) is 162 Å². The van der Waals surface area contributed by atoms with Crippen LogP contribution in [-0.2, 0) is 0 Å². The monoisotopic (exact) mass is 585 g/mol. The van der Waals surface area contributed by atoms with Gasteiger partial charge in [0, 0.05) is 45.5 Å². The average molecular weight is 586 g/mol. The summed E-state index contributed by atoms with van der Waals surface area (Å²) in [5.74, 6) is -0.271. The van der Waals surface area contributed by atoms with Gasteiger partial charge in [-0.15, -0.1) is 0 Å². The molecule has 0 saturated heterocycles. The third-order valence-electron chi connectivity index (χ3n) is 8.09. The van der Waals surface area contributed by atoms with Crippen LogP contribution >= 0.6 is 0 Å². The summed E-state index contributed by atoms with van der Waals surface area (Å²) in [7, 11) is 0. The Morgan fingerprint density at radius 3 is 2.00 bits per heavy atom. The van der Waals surface area contributed by atoms with E-state index in [4.69, 9.17) is 0 Å². The van der Waals surface area contributed by atoms with Gasteiger partial charge in [0.2, 0.25) is 0 Å². The zero-order chi connectivity index (χ0) is 30.8. The average Bonchev–Trinajstić information content (AvgIpc) is 3.65. The van der Waals surface area contributed by atoms with Crippen molar-refractivity contribution in [1.29, 1.82) is 0 Å². The first kappa shape index (κ1) is 27.8. The molecular formula is C39H31N5O. The lowest BCUT2D eigenvalue weighted by Gasteiger charge is -2.15. The number of rotatable bonds is 7. The predicted molar refractivity (Wildman–Crippen MR) is 182 cm³/mol. The number of fused-ring (bicyclic) bond motifs is 1. The van der Waals surface area contributed by atoms with E-state index < -0.39 is 0 Å². The van der Waals surface area contributed by atoms with Crippen molar-refractivity contribution in [1.82, 2.24) is 19.5 Å². The van der Waals surface area contributed by atoms with Crippen LogP contribution in [0.3, 0.4) is 0 Å². The second kappa shape index (κ2) is 11.9. The third kappa shape index (κ3) is 5.45. The third-order valence-corrected chi connectivity index (χ3v) is 8.09. The van der Waals surface area contributed by atoms with E-state index in [9.17, 15) is 4.79 Å². The predicted octanol–water partition coefficient (Wildman–Crippen LogP) is 8.53. The quantitative estimate of drug-likeness (QED) is 0.151. The van der Waals surface area contributed by atoms with Crippen molar-refractivity contribution >= 4 is 23.0 Å². The minimum atomic E-state index is -0.271. The van der Waals surface area contributed by atoms with Gasteiger partial charge < -0.3 is 9.13 Å². The van der Waals surface area contributed by atoms with Crippen LogP contribution in [0.4, 0.5) is 0 Å². The van der Waals surface area contributed by atoms with Gasteiger partial charge in [-0.05, 0) is 91.7 Å². The number of pyridine rings is 1. The molecule has 4 aromatic carbocycles. The van der Waals surface area contributed by atoms with E-state index in [2.05, 4.69) is 99.2 Å². The summed E-state index contributed by atoms with van der Waals surface area (Å²) in [6.07, 6.45) is 3.50. The van der Waals surface area contributed by atoms with E-state index in [1.807, 2.05) is 72.8 Å². The standard InChI is InChI=1S/C39H31N5O/c1-27-24-33(28(2)43(27)35-19-20-36-32(25-35)14-9-23-40-36)26-41-42-39(45)31-15-17-34(18-16-31)44-37(29-10-5-3-6-11-29)21-22-38(44)30-12-7-4-8-13-30/h3-26H,1-2H3,(H,42,45)/b41-26-. The highest BCUT2D eigenvalue weighted by atomic mass is 16.2. The smallest absolute Gasteiger partial charge is 0.271 e. The molecule has 0 saturated carbocycles. The maximum atomic E-state index is 13.1. The van der Waals surface area contributed by atoms with Crippen LogP contribution in [0.15, 0.2) is 145 Å². The second-order valence-electron chi connectivity index (χ2n) is 11.0. The molecule has 0 spiro atoms. The van der Waals surface area contributed by atoms with Crippen LogP contribution in [0.25, 0.3) is 44.8 Å². The normalized spacial score (nSPS) is 11.3. The molecule has 1 N–H and O–H groups in total. The largest absolute Gasteiger partial charge is 0.318 e. The van der Waals surface area contributed by atoms with Crippen molar-refractivity contribution in [2.24, 2.45) is 5.10 Å². The number of nitrogens with zero attached hydrogens (tertiary/aromatic N) is 4. The maximum Gasteiger partial charge on any atom is 0.271 e. The molecule has 0 radical (unpaired) electrons. The molecule has 3 aromatic heterocycles. The number of aromatic nitrogens is 3. The highest BCUT2D eigenvalue weighted by molar-refractivity contribution is 5.95. The van der Waals surface area contributed by atoms with Gasteiger partial charge in [0.15, 0.2) is 0 Å². The molecule has 0 aliphatic carbocycles. The maximum absolute atomic E-state index is 13.1. The zero-order valence-corrected chi connectivity index (χ0v) is 25.1. The molecule has 3 heterocycles. The first-order chi connectivity index (χ1) is 22.1. The minimum absolute atomic E-state index is 0.271. The van der Waals surface area contributed by atoms with E-state index in [1.165, 1.54) is 0 Å². The summed E-state index contributed by atoms with van der Waals surface area (Å²) in [6.45, 7) is 4.12. The van der Waals surface area contributed by atoms with Gasteiger partial charge in [-0.1, -0.05) is 66.7 Å². The molecule has 0 aliphatic rings. The number of carbonyl (C=O) groups is 1. The van der Waals surface area contributed by atoms with Crippen molar-refractivity contribution in [2.75, 3.05) is 0 Å². The summed E-state index contributed by atoms with van der Waals surface area (Å²) in [5, 5.41) is 5.39. The van der Waals surface area contributed by atoms with Gasteiger partial charge in [0.25, 0.3) is 5.91 Å². The van der Waals surface area contributed by atoms with Crippen LogP contribution in [0.2, 0.25) is 0 Å². The molecule has 7 aromatic rings. The Morgan fingerprint density at radius 2 is 1.33 bits per heavy atom. The van der Waals surface area contributed by atoms with Crippen molar-refractivity contribution in [2.45, 2.75) is 13.8 Å². The number of hydrazone groups is 1. The van der Waals surface area contributed by atoms with Gasteiger partial charge in [0.1, 0.15) is 0 Å². The number of carbonyl (C=O) groups excluding carboxylic acids is 1. The lowest BCUT2D eigenvalue weighted by molar-refractivity contribution is 0.0955. The number of aryl methyl sites for hydroxylation is 1. The summed E-state index contributed by atoms with van der Waals surface area (Å²) in [4.78, 5) is 17.5. The second-order valence-corrected chi connectivity index (χ2v) is 11.0. The van der Waals surface area contributed by atoms with Crippen molar-refractivity contribution in [3.63, 3.8) is 0 Å². The number of nitrogens with one attached hydrogen (secondary N) is 1. The van der Waals surface area contributed by atoms with Gasteiger partial charge in [-0.3, -0.25) is 9.78 Å². The molecule has 7 rings (SSSR count). The Labute approximate surface area is 261 Å². The summed E-state index contributed by atoms with van der Waals surface area (Å²) in [5.41, 5.74) is 13.7. The Balaban J connectivity index is 1.11. The minimum Gasteiger partial charge on any atom is -0.318 e. The fourth-order valence-corrected chi connectivity index (χ4v) is 5.89. The van der Waals surface area contributed by atoms with Gasteiger partial charge in [-0.25, -0.2) is 5.43 Å². The molecule has 0 fully saturated rings. The first-order valence-corrected chi connectivity index (χ1v) is 14.9. The fraction of sp³-hybridized carbons (Fsp3) is 0.0513. The van der Waals surface area contributed by atoms with E-state index in [0.29, 0.717) is 5.56 Å². The number of amides is 1. The Kier molecular flexibility index (Phi) is 7.37. The molecular weight excluding hydrogens is 554 g/mol. The SMILES string of the molecule is Cc1cc(/C=N\NC(=O)c2ccc(-n3c(-c4ccccc4)ccc3-c3ccccc3)cc2)c(C)n1-c1ccc2ncccc2c1. The van der Waals surface area contributed by atoms with Crippen molar-refractivity contribution in [3.8, 4) is 33.9 Å². The van der Waals surface area contributed by atoms with Crippen LogP contribution in [0.1, 0.15) is 27.3 Å². The van der Waals surface area contributed by atoms with Crippen LogP contribution in [0.5, 0.6) is 0 Å². The molecule has 0 aliphatic heterocycles. The van der Waals surface area contributed by atoms with E-state index in [-0.39, 0.29) is 5.91 Å². The first-order valence-electron chi connectivity index (χ1n) is 14.9. The van der Waals surface area contributed by atoms with Crippen LogP contribution < -0.4 is 5.43 Å². The molecule has 0 atom stereocenters. The van der Waals surface area contributed by atoms with Gasteiger partial charge in [0.05, 0.1) is 23.1 Å². The Hall–Kier alpha value is -6.01. The Morgan fingerprint density at radius 1 is 0.689 bits per heavy atom. The summed E-state index contributed by atoms with van der Waals surface area (Å²) >= 11 is 0. The van der Waals surface area contributed by atoms with Crippen LogP contribution in [0, 0.1) is 13.8 Å². The van der Waals surface area contributed by atoms with E-state index in [1.54, 1.807) is 12.4 Å². The van der Waals surface area contributed by atoms with E-state index >= 15 is 0 Å². The Bertz CT molecular complexity index is 2100. The highest BCUT2D eigenvalue weighted by Crippen LogP contribution is 2.32. The lowest BCUT2D eigenvalue weighted by Crippen LogP contribution is -2.17. The van der Waals surface area contributed by atoms with Gasteiger partial charge in [-0.2, -0.15) is 5.10 Å². The van der Waals surface area contributed by atoms with Gasteiger partial charge >= 0.3 is 0 Å². The topological polar surface area (TPSA) is 64.2 Å². The number of hydrogen-bond acceptors (Lipinski definition) is 3. The molecule has 45 heavy (non-hydrogen) atoms. The highest BCUT2D eigenvalue weighted by Gasteiger charge is 2.15. The molecule has 218 valence electrons. The fourth-order valence-electron chi connectivity index (χ4n) is 5.89. The summed E-state index contributed by atoms with van der Waals surface area (Å²) < 4.78 is 4.41. The lowest BCUT2D eigenvalue weighted by atomic mass is 10.1.